The number of fused-ring (bicyclic) bond motifs is 2. The molecular weight excluding hydrogens is 585 g/mol. The van der Waals surface area contributed by atoms with Crippen molar-refractivity contribution in [3.63, 3.8) is 0 Å². The van der Waals surface area contributed by atoms with Crippen molar-refractivity contribution in [3.05, 3.63) is 72.6 Å². The maximum Gasteiger partial charge on any atom is 0.305 e. The van der Waals surface area contributed by atoms with Crippen molar-refractivity contribution in [2.45, 2.75) is 16.2 Å². The number of nitrogens with zero attached hydrogens (tertiary/aromatic N) is 2. The summed E-state index contributed by atoms with van der Waals surface area (Å²) in [4.78, 5) is 58.7. The van der Waals surface area contributed by atoms with Crippen LogP contribution in [0.2, 0.25) is 10.0 Å². The van der Waals surface area contributed by atoms with E-state index in [1.54, 1.807) is 47.4 Å². The fraction of sp³-hybridized carbons (Fsp3) is 0.308. The summed E-state index contributed by atoms with van der Waals surface area (Å²) < 4.78 is 11.3. The Morgan fingerprint density at radius 2 is 1.74 bits per heavy atom. The van der Waals surface area contributed by atoms with E-state index in [4.69, 9.17) is 32.7 Å². The number of hydrogen-bond donors (Lipinski definition) is 1. The lowest BCUT2D eigenvalue weighted by molar-refractivity contribution is -0.137. The molecule has 3 amide bonds. The molecule has 0 spiro atoms. The topological polar surface area (TPSA) is 109 Å². The second-order valence-corrected chi connectivity index (χ2v) is 12.2. The number of amides is 3. The van der Waals surface area contributed by atoms with Gasteiger partial charge < -0.3 is 19.4 Å². The van der Waals surface area contributed by atoms with E-state index in [-0.39, 0.29) is 23.3 Å². The first-order chi connectivity index (χ1) is 18.8. The van der Waals surface area contributed by atoms with Crippen LogP contribution >= 0.6 is 46.3 Å². The van der Waals surface area contributed by atoms with E-state index in [1.165, 1.54) is 16.7 Å². The Balaban J connectivity index is 1.39. The summed E-state index contributed by atoms with van der Waals surface area (Å²) in [5.74, 6) is -2.14. The molecule has 3 aromatic rings. The molecule has 2 saturated heterocycles. The molecule has 3 aliphatic heterocycles. The number of nitrogens with one attached hydrogen (secondary N) is 1. The highest BCUT2D eigenvalue weighted by Crippen LogP contribution is 2.54. The first-order valence-electron chi connectivity index (χ1n) is 12.1. The summed E-state index contributed by atoms with van der Waals surface area (Å²) >= 11 is 14.6. The second-order valence-electron chi connectivity index (χ2n) is 9.20. The lowest BCUT2D eigenvalue weighted by atomic mass is 9.82. The number of carbonyl (C=O) groups is 3. The number of ether oxygens (including phenoxy) is 2. The van der Waals surface area contributed by atoms with E-state index in [0.717, 1.165) is 11.3 Å². The van der Waals surface area contributed by atoms with Gasteiger partial charge in [0.25, 0.3) is 5.91 Å². The first kappa shape index (κ1) is 26.4. The largest absolute Gasteiger partial charge is 0.483 e. The number of aromatic nitrogens is 1. The molecule has 13 heteroatoms. The summed E-state index contributed by atoms with van der Waals surface area (Å²) in [6.07, 6.45) is 0. The number of anilines is 1. The summed E-state index contributed by atoms with van der Waals surface area (Å²) in [5, 5.41) is 0.625. The van der Waals surface area contributed by atoms with Crippen LogP contribution in [0.3, 0.4) is 0 Å². The van der Waals surface area contributed by atoms with Crippen LogP contribution in [0, 0.1) is 5.92 Å². The second kappa shape index (κ2) is 10.6. The molecule has 39 heavy (non-hydrogen) atoms. The van der Waals surface area contributed by atoms with Crippen LogP contribution < -0.4 is 14.5 Å². The van der Waals surface area contributed by atoms with Gasteiger partial charge in [-0.05, 0) is 42.5 Å². The van der Waals surface area contributed by atoms with E-state index in [2.05, 4.69) is 4.98 Å². The molecule has 202 valence electrons. The summed E-state index contributed by atoms with van der Waals surface area (Å²) in [6, 6.07) is 11.4. The first-order valence-corrected chi connectivity index (χ1v) is 14.6. The van der Waals surface area contributed by atoms with Gasteiger partial charge in [-0.25, -0.2) is 4.90 Å². The Bertz CT molecular complexity index is 1520. The van der Waals surface area contributed by atoms with Gasteiger partial charge in [0.05, 0.1) is 29.8 Å². The SMILES string of the molecule is O=C(COc1ccc(Cl)cc1[C@@H]1c2sc(=O)[nH]c2S[C@H]2C(=O)N(c3ccc(Cl)cc3)C(=O)[C@@H]12)N1CCOCC1. The number of H-pyrrole nitrogens is 1. The van der Waals surface area contributed by atoms with Crippen LogP contribution in [0.4, 0.5) is 5.69 Å². The highest BCUT2D eigenvalue weighted by molar-refractivity contribution is 8.00. The summed E-state index contributed by atoms with van der Waals surface area (Å²) in [6.45, 7) is 1.69. The Morgan fingerprint density at radius 1 is 1.03 bits per heavy atom. The predicted molar refractivity (Wildman–Crippen MR) is 148 cm³/mol. The maximum atomic E-state index is 13.9. The van der Waals surface area contributed by atoms with Gasteiger partial charge in [0.1, 0.15) is 11.0 Å². The fourth-order valence-electron chi connectivity index (χ4n) is 5.13. The maximum absolute atomic E-state index is 13.9. The van der Waals surface area contributed by atoms with Crippen molar-refractivity contribution in [1.82, 2.24) is 9.88 Å². The Hall–Kier alpha value is -2.83. The highest BCUT2D eigenvalue weighted by atomic mass is 35.5. The summed E-state index contributed by atoms with van der Waals surface area (Å²) in [5.41, 5.74) is 0.946. The number of imide groups is 1. The minimum atomic E-state index is -0.826. The predicted octanol–water partition coefficient (Wildman–Crippen LogP) is 3.78. The van der Waals surface area contributed by atoms with Gasteiger partial charge in [-0.3, -0.25) is 19.2 Å². The fourth-order valence-corrected chi connectivity index (χ4v) is 7.95. The number of hydrogen-bond acceptors (Lipinski definition) is 8. The molecule has 0 aliphatic carbocycles. The van der Waals surface area contributed by atoms with Gasteiger partial charge in [0, 0.05) is 39.5 Å². The van der Waals surface area contributed by atoms with E-state index >= 15 is 0 Å². The van der Waals surface area contributed by atoms with Crippen LogP contribution in [-0.4, -0.2) is 65.8 Å². The van der Waals surface area contributed by atoms with E-state index in [9.17, 15) is 19.2 Å². The molecule has 3 atom stereocenters. The van der Waals surface area contributed by atoms with Crippen LogP contribution in [0.5, 0.6) is 5.75 Å². The van der Waals surface area contributed by atoms with Crippen molar-refractivity contribution in [2.75, 3.05) is 37.8 Å². The number of thioether (sulfide) groups is 1. The third kappa shape index (κ3) is 4.87. The third-order valence-corrected chi connectivity index (χ3v) is 9.82. The molecule has 0 saturated carbocycles. The zero-order valence-electron chi connectivity index (χ0n) is 20.2. The molecule has 0 bridgehead atoms. The molecule has 1 aromatic heterocycles. The molecule has 9 nitrogen and oxygen atoms in total. The van der Waals surface area contributed by atoms with Crippen molar-refractivity contribution < 1.29 is 23.9 Å². The van der Waals surface area contributed by atoms with Crippen LogP contribution in [0.15, 0.2) is 52.3 Å². The standard InChI is InChI=1S/C26H21Cl2N3O6S2/c27-13-1-4-15(5-2-13)31-24(33)20-19(21-23(29-26(35)39-21)38-22(20)25(31)34)16-11-14(28)3-6-17(16)37-12-18(32)30-7-9-36-10-8-30/h1-6,11,19-20,22H,7-10,12H2,(H,29,35)/t19-,20-,22+/m0/s1. The van der Waals surface area contributed by atoms with Gasteiger partial charge in [-0.2, -0.15) is 0 Å². The number of morpholine rings is 1. The minimum Gasteiger partial charge on any atom is -0.483 e. The number of thiazole rings is 1. The normalized spacial score (nSPS) is 22.6. The van der Waals surface area contributed by atoms with Crippen molar-refractivity contribution in [2.24, 2.45) is 5.92 Å². The van der Waals surface area contributed by atoms with Crippen molar-refractivity contribution >= 4 is 69.7 Å². The molecular formula is C26H21Cl2N3O6S2. The lowest BCUT2D eigenvalue weighted by Gasteiger charge is -2.31. The Kier molecular flexibility index (Phi) is 7.19. The molecule has 2 aromatic carbocycles. The van der Waals surface area contributed by atoms with Crippen LogP contribution in [-0.2, 0) is 19.1 Å². The van der Waals surface area contributed by atoms with Gasteiger partial charge in [-0.15, -0.1) is 0 Å². The van der Waals surface area contributed by atoms with E-state index in [0.29, 0.717) is 63.3 Å². The van der Waals surface area contributed by atoms with Gasteiger partial charge in [-0.1, -0.05) is 46.3 Å². The lowest BCUT2D eigenvalue weighted by Crippen LogP contribution is -2.43. The summed E-state index contributed by atoms with van der Waals surface area (Å²) in [7, 11) is 0. The zero-order chi connectivity index (χ0) is 27.3. The van der Waals surface area contributed by atoms with Gasteiger partial charge in [0.2, 0.25) is 11.8 Å². The molecule has 2 fully saturated rings. The van der Waals surface area contributed by atoms with Gasteiger partial charge in [0.15, 0.2) is 6.61 Å². The van der Waals surface area contributed by atoms with Crippen molar-refractivity contribution in [3.8, 4) is 5.75 Å². The monoisotopic (exact) mass is 605 g/mol. The number of carbonyl (C=O) groups excluding carboxylic acids is 3. The van der Waals surface area contributed by atoms with Gasteiger partial charge >= 0.3 is 4.87 Å². The Morgan fingerprint density at radius 3 is 2.49 bits per heavy atom. The van der Waals surface area contributed by atoms with Crippen molar-refractivity contribution in [1.29, 1.82) is 0 Å². The average molecular weight is 607 g/mol. The smallest absolute Gasteiger partial charge is 0.305 e. The third-order valence-electron chi connectivity index (χ3n) is 6.93. The van der Waals surface area contributed by atoms with Crippen LogP contribution in [0.25, 0.3) is 0 Å². The number of rotatable bonds is 5. The van der Waals surface area contributed by atoms with E-state index < -0.39 is 23.0 Å². The quantitative estimate of drug-likeness (QED) is 0.441. The molecule has 1 N–H and O–H groups in total. The Labute approximate surface area is 241 Å². The minimum absolute atomic E-state index is 0.190. The number of halogens is 2. The molecule has 6 rings (SSSR count). The number of aromatic amines is 1. The molecule has 0 unspecified atom stereocenters. The molecule has 3 aliphatic rings. The van der Waals surface area contributed by atoms with E-state index in [1.807, 2.05) is 0 Å². The highest BCUT2D eigenvalue weighted by Gasteiger charge is 2.56. The molecule has 4 heterocycles. The van der Waals surface area contributed by atoms with Crippen LogP contribution in [0.1, 0.15) is 16.4 Å². The number of benzene rings is 2. The molecule has 0 radical (unpaired) electrons. The average Bonchev–Trinajstić information content (AvgIpc) is 3.43. The zero-order valence-corrected chi connectivity index (χ0v) is 23.4.